The van der Waals surface area contributed by atoms with Gasteiger partial charge in [-0.3, -0.25) is 4.79 Å². The van der Waals surface area contributed by atoms with Crippen LogP contribution in [0.4, 0.5) is 4.39 Å². The van der Waals surface area contributed by atoms with Gasteiger partial charge in [-0.05, 0) is 18.6 Å². The summed E-state index contributed by atoms with van der Waals surface area (Å²) in [5.41, 5.74) is 0.983. The fraction of sp³-hybridized carbons (Fsp3) is 0.308. The van der Waals surface area contributed by atoms with Crippen LogP contribution in [0.2, 0.25) is 0 Å². The Morgan fingerprint density at radius 1 is 1.40 bits per heavy atom. The summed E-state index contributed by atoms with van der Waals surface area (Å²) in [6.07, 6.45) is 0.521. The second-order valence-corrected chi connectivity index (χ2v) is 3.70. The smallest absolute Gasteiger partial charge is 0.154 e. The van der Waals surface area contributed by atoms with Gasteiger partial charge < -0.3 is 0 Å². The molecule has 0 aromatic heterocycles. The molecule has 0 atom stereocenters. The van der Waals surface area contributed by atoms with Gasteiger partial charge in [-0.15, -0.1) is 0 Å². The van der Waals surface area contributed by atoms with E-state index in [1.165, 1.54) is 0 Å². The molecule has 0 saturated carbocycles. The molecule has 0 radical (unpaired) electrons. The summed E-state index contributed by atoms with van der Waals surface area (Å²) in [6, 6.07) is 3.31. The van der Waals surface area contributed by atoms with Crippen LogP contribution in [0, 0.1) is 30.5 Å². The molecule has 0 spiro atoms. The predicted octanol–water partition coefficient (Wildman–Crippen LogP) is 2.95. The average molecular weight is 204 g/mol. The molecular weight excluding hydrogens is 191 g/mol. The van der Waals surface area contributed by atoms with E-state index in [1.54, 1.807) is 19.1 Å². The van der Waals surface area contributed by atoms with Gasteiger partial charge in [-0.1, -0.05) is 31.8 Å². The number of rotatable bonds is 1. The van der Waals surface area contributed by atoms with E-state index in [0.717, 1.165) is 0 Å². The Labute approximate surface area is 89.3 Å². The van der Waals surface area contributed by atoms with E-state index in [1.807, 2.05) is 13.8 Å². The van der Waals surface area contributed by atoms with Gasteiger partial charge in [-0.2, -0.15) is 0 Å². The van der Waals surface area contributed by atoms with Crippen molar-refractivity contribution in [2.45, 2.75) is 20.8 Å². The molecule has 15 heavy (non-hydrogen) atoms. The number of aldehydes is 1. The highest BCUT2D eigenvalue weighted by Gasteiger charge is 2.08. The van der Waals surface area contributed by atoms with E-state index in [4.69, 9.17) is 0 Å². The summed E-state index contributed by atoms with van der Waals surface area (Å²) in [4.78, 5) is 10.7. The van der Waals surface area contributed by atoms with Crippen LogP contribution in [0.3, 0.4) is 0 Å². The average Bonchev–Trinajstić information content (AvgIpc) is 2.19. The minimum Gasteiger partial charge on any atom is -0.298 e. The van der Waals surface area contributed by atoms with E-state index in [2.05, 4.69) is 11.8 Å². The molecule has 1 aromatic carbocycles. The summed E-state index contributed by atoms with van der Waals surface area (Å²) in [7, 11) is 0. The molecule has 0 aliphatic rings. The maximum Gasteiger partial charge on any atom is 0.154 e. The quantitative estimate of drug-likeness (QED) is 0.507. The minimum atomic E-state index is -0.472. The third-order valence-electron chi connectivity index (χ3n) is 1.99. The molecule has 78 valence electrons. The van der Waals surface area contributed by atoms with Crippen molar-refractivity contribution in [2.75, 3.05) is 0 Å². The third kappa shape index (κ3) is 2.66. The molecule has 0 aliphatic heterocycles. The molecule has 0 aliphatic carbocycles. The number of halogens is 1. The first-order chi connectivity index (χ1) is 7.06. The molecule has 0 heterocycles. The molecule has 0 amide bonds. The van der Waals surface area contributed by atoms with Gasteiger partial charge in [0.2, 0.25) is 0 Å². The highest BCUT2D eigenvalue weighted by molar-refractivity contribution is 5.80. The van der Waals surface area contributed by atoms with Gasteiger partial charge >= 0.3 is 0 Å². The van der Waals surface area contributed by atoms with Crippen molar-refractivity contribution in [3.05, 3.63) is 34.6 Å². The fourth-order valence-electron chi connectivity index (χ4n) is 1.15. The number of hydrogen-bond donors (Lipinski definition) is 0. The second kappa shape index (κ2) is 4.75. The predicted molar refractivity (Wildman–Crippen MR) is 58.2 cm³/mol. The molecule has 0 N–H and O–H groups in total. The van der Waals surface area contributed by atoms with Crippen LogP contribution in [0.25, 0.3) is 0 Å². The van der Waals surface area contributed by atoms with Gasteiger partial charge in [-0.25, -0.2) is 4.39 Å². The normalized spacial score (nSPS) is 9.67. The Bertz CT molecular complexity index is 436. The zero-order valence-corrected chi connectivity index (χ0v) is 9.10. The van der Waals surface area contributed by atoms with E-state index < -0.39 is 5.82 Å². The van der Waals surface area contributed by atoms with Crippen molar-refractivity contribution in [1.82, 2.24) is 0 Å². The lowest BCUT2D eigenvalue weighted by Crippen LogP contribution is -1.96. The first-order valence-corrected chi connectivity index (χ1v) is 4.82. The van der Waals surface area contributed by atoms with Crippen molar-refractivity contribution in [3.63, 3.8) is 0 Å². The molecule has 1 aromatic rings. The number of carbonyl (C=O) groups is 1. The Kier molecular flexibility index (Phi) is 3.62. The number of carbonyl (C=O) groups excluding carboxylic acids is 1. The van der Waals surface area contributed by atoms with Gasteiger partial charge in [0, 0.05) is 11.5 Å². The van der Waals surface area contributed by atoms with Crippen molar-refractivity contribution in [2.24, 2.45) is 5.92 Å². The lowest BCUT2D eigenvalue weighted by molar-refractivity contribution is 0.111. The summed E-state index contributed by atoms with van der Waals surface area (Å²) >= 11 is 0. The van der Waals surface area contributed by atoms with Crippen molar-refractivity contribution >= 4 is 6.29 Å². The summed E-state index contributed by atoms with van der Waals surface area (Å²) in [5, 5.41) is 0. The third-order valence-corrected chi connectivity index (χ3v) is 1.99. The topological polar surface area (TPSA) is 17.1 Å². The van der Waals surface area contributed by atoms with Crippen molar-refractivity contribution in [3.8, 4) is 11.8 Å². The number of benzene rings is 1. The highest BCUT2D eigenvalue weighted by Crippen LogP contribution is 2.14. The van der Waals surface area contributed by atoms with Gasteiger partial charge in [0.15, 0.2) is 6.29 Å². The maximum absolute atomic E-state index is 13.5. The summed E-state index contributed by atoms with van der Waals surface area (Å²) < 4.78 is 13.5. The molecule has 0 unspecified atom stereocenters. The summed E-state index contributed by atoms with van der Waals surface area (Å²) in [6.45, 7) is 5.51. The van der Waals surface area contributed by atoms with E-state index in [9.17, 15) is 9.18 Å². The Morgan fingerprint density at radius 2 is 2.07 bits per heavy atom. The molecule has 1 rings (SSSR count). The van der Waals surface area contributed by atoms with Crippen LogP contribution in [-0.2, 0) is 0 Å². The molecule has 1 nitrogen and oxygen atoms in total. The SMILES string of the molecule is Cc1ccc(C#CC(C)C)c(C=O)c1F. The fourth-order valence-corrected chi connectivity index (χ4v) is 1.15. The number of aryl methyl sites for hydroxylation is 1. The van der Waals surface area contributed by atoms with Crippen molar-refractivity contribution < 1.29 is 9.18 Å². The van der Waals surface area contributed by atoms with Gasteiger partial charge in [0.1, 0.15) is 5.82 Å². The van der Waals surface area contributed by atoms with Crippen LogP contribution < -0.4 is 0 Å². The van der Waals surface area contributed by atoms with Gasteiger partial charge in [0.25, 0.3) is 0 Å². The molecule has 2 heteroatoms. The first kappa shape index (κ1) is 11.5. The van der Waals surface area contributed by atoms with Gasteiger partial charge in [0.05, 0.1) is 5.56 Å². The minimum absolute atomic E-state index is 0.0585. The molecular formula is C13H13FO. The Hall–Kier alpha value is -1.62. The summed E-state index contributed by atoms with van der Waals surface area (Å²) in [5.74, 6) is 5.45. The molecule has 0 fully saturated rings. The highest BCUT2D eigenvalue weighted by atomic mass is 19.1. The molecule has 0 saturated heterocycles. The first-order valence-electron chi connectivity index (χ1n) is 4.82. The maximum atomic E-state index is 13.5. The Balaban J connectivity index is 3.27. The van der Waals surface area contributed by atoms with Crippen LogP contribution >= 0.6 is 0 Å². The van der Waals surface area contributed by atoms with Crippen LogP contribution in [-0.4, -0.2) is 6.29 Å². The largest absolute Gasteiger partial charge is 0.298 e. The zero-order valence-electron chi connectivity index (χ0n) is 9.10. The standard InChI is InChI=1S/C13H13FO/c1-9(2)4-6-11-7-5-10(3)13(14)12(11)8-15/h5,7-9H,1-3H3. The number of hydrogen-bond acceptors (Lipinski definition) is 1. The zero-order chi connectivity index (χ0) is 11.4. The Morgan fingerprint density at radius 3 is 2.60 bits per heavy atom. The van der Waals surface area contributed by atoms with Crippen LogP contribution in [0.15, 0.2) is 12.1 Å². The second-order valence-electron chi connectivity index (χ2n) is 3.70. The van der Waals surface area contributed by atoms with E-state index in [-0.39, 0.29) is 11.5 Å². The van der Waals surface area contributed by atoms with Crippen LogP contribution in [0.1, 0.15) is 35.3 Å². The lowest BCUT2D eigenvalue weighted by Gasteiger charge is -2.01. The monoisotopic (exact) mass is 204 g/mol. The lowest BCUT2D eigenvalue weighted by atomic mass is 10.0. The molecule has 0 bridgehead atoms. The van der Waals surface area contributed by atoms with Crippen molar-refractivity contribution in [1.29, 1.82) is 0 Å². The van der Waals surface area contributed by atoms with E-state index >= 15 is 0 Å². The van der Waals surface area contributed by atoms with Crippen LogP contribution in [0.5, 0.6) is 0 Å². The van der Waals surface area contributed by atoms with E-state index in [0.29, 0.717) is 17.4 Å².